The summed E-state index contributed by atoms with van der Waals surface area (Å²) in [5.41, 5.74) is 6.91. The summed E-state index contributed by atoms with van der Waals surface area (Å²) in [5.74, 6) is 0.782. The molecular formula is C29H35N5O2S. The summed E-state index contributed by atoms with van der Waals surface area (Å²) in [6, 6.07) is 18.3. The van der Waals surface area contributed by atoms with E-state index in [-0.39, 0.29) is 0 Å². The van der Waals surface area contributed by atoms with E-state index in [4.69, 9.17) is 9.97 Å². The monoisotopic (exact) mass is 517 g/mol. The third kappa shape index (κ3) is 5.32. The first-order valence-corrected chi connectivity index (χ1v) is 14.7. The van der Waals surface area contributed by atoms with E-state index < -0.39 is 9.84 Å². The molecule has 3 heterocycles. The first kappa shape index (κ1) is 25.6. The molecule has 0 spiro atoms. The molecular weight excluding hydrogens is 482 g/mol. The van der Waals surface area contributed by atoms with Crippen LogP contribution in [0, 0.1) is 6.92 Å². The topological polar surface area (TPSA) is 71.3 Å². The first-order chi connectivity index (χ1) is 17.6. The van der Waals surface area contributed by atoms with Gasteiger partial charge >= 0.3 is 0 Å². The van der Waals surface area contributed by atoms with Crippen LogP contribution >= 0.6 is 0 Å². The fraction of sp³-hybridized carbons (Fsp3) is 0.379. The van der Waals surface area contributed by atoms with Gasteiger partial charge in [-0.05, 0) is 56.7 Å². The predicted octanol–water partition coefficient (Wildman–Crippen LogP) is 4.54. The molecule has 2 aromatic carbocycles. The average molecular weight is 518 g/mol. The highest BCUT2D eigenvalue weighted by atomic mass is 32.2. The molecule has 1 fully saturated rings. The normalized spacial score (nSPS) is 15.6. The molecule has 1 aliphatic heterocycles. The minimum absolute atomic E-state index is 0.302. The van der Waals surface area contributed by atoms with E-state index in [0.717, 1.165) is 72.1 Å². The summed E-state index contributed by atoms with van der Waals surface area (Å²) in [6.07, 6.45) is 1.22. The number of fused-ring (bicyclic) bond motifs is 1. The average Bonchev–Trinajstić information content (AvgIpc) is 3.21. The zero-order valence-corrected chi connectivity index (χ0v) is 23.1. The number of sulfone groups is 1. The lowest BCUT2D eigenvalue weighted by molar-refractivity contribution is 0.104. The zero-order chi connectivity index (χ0) is 26.3. The number of aromatic nitrogens is 3. The molecule has 8 heteroatoms. The van der Waals surface area contributed by atoms with Crippen molar-refractivity contribution in [2.75, 3.05) is 32.4 Å². The molecule has 37 heavy (non-hydrogen) atoms. The van der Waals surface area contributed by atoms with E-state index in [1.54, 1.807) is 12.1 Å². The predicted molar refractivity (Wildman–Crippen MR) is 149 cm³/mol. The van der Waals surface area contributed by atoms with Gasteiger partial charge in [-0.3, -0.25) is 14.8 Å². The smallest absolute Gasteiger partial charge is 0.175 e. The number of pyridine rings is 1. The van der Waals surface area contributed by atoms with Crippen LogP contribution in [0.15, 0.2) is 59.5 Å². The van der Waals surface area contributed by atoms with E-state index >= 15 is 0 Å². The summed E-state index contributed by atoms with van der Waals surface area (Å²) in [7, 11) is -1.25. The summed E-state index contributed by atoms with van der Waals surface area (Å²) >= 11 is 0. The second-order valence-corrected chi connectivity index (χ2v) is 12.4. The van der Waals surface area contributed by atoms with Crippen molar-refractivity contribution in [1.82, 2.24) is 24.3 Å². The van der Waals surface area contributed by atoms with Gasteiger partial charge in [-0.2, -0.15) is 0 Å². The van der Waals surface area contributed by atoms with E-state index in [0.29, 0.717) is 10.9 Å². The first-order valence-electron chi connectivity index (χ1n) is 12.8. The number of piperazine rings is 1. The molecule has 1 aliphatic rings. The number of aryl methyl sites for hydroxylation is 2. The Bertz CT molecular complexity index is 1520. The van der Waals surface area contributed by atoms with Gasteiger partial charge in [-0.15, -0.1) is 0 Å². The van der Waals surface area contributed by atoms with Crippen LogP contribution in [0.5, 0.6) is 0 Å². The molecule has 0 aliphatic carbocycles. The Kier molecular flexibility index (Phi) is 6.91. The van der Waals surface area contributed by atoms with Crippen molar-refractivity contribution in [3.8, 4) is 22.6 Å². The van der Waals surface area contributed by atoms with Gasteiger partial charge in [-0.1, -0.05) is 24.3 Å². The van der Waals surface area contributed by atoms with E-state index in [1.165, 1.54) is 11.8 Å². The molecule has 0 atom stereocenters. The van der Waals surface area contributed by atoms with Crippen LogP contribution in [0.2, 0.25) is 0 Å². The van der Waals surface area contributed by atoms with Crippen LogP contribution < -0.4 is 0 Å². The second-order valence-electron chi connectivity index (χ2n) is 10.4. The molecule has 194 valence electrons. The standard InChI is InChI=1S/C29H35N5O2S/c1-20(2)34-16-14-33(15-17-34)19-22-6-8-23(9-7-22)26-18-27-28(21(3)30-26)31-29(32(27)4)24-10-12-25(13-11-24)37(5,35)36/h6-13,18,20H,14-17,19H2,1-5H3. The molecule has 0 saturated carbocycles. The highest BCUT2D eigenvalue weighted by molar-refractivity contribution is 7.90. The molecule has 0 N–H and O–H groups in total. The number of hydrogen-bond acceptors (Lipinski definition) is 6. The number of rotatable bonds is 6. The molecule has 1 saturated heterocycles. The van der Waals surface area contributed by atoms with Crippen molar-refractivity contribution in [3.05, 3.63) is 65.9 Å². The van der Waals surface area contributed by atoms with E-state index in [2.05, 4.69) is 54.0 Å². The van der Waals surface area contributed by atoms with Crippen LogP contribution in [0.3, 0.4) is 0 Å². The Morgan fingerprint density at radius 1 is 0.892 bits per heavy atom. The molecule has 0 unspecified atom stereocenters. The third-order valence-corrected chi connectivity index (χ3v) is 8.51. The summed E-state index contributed by atoms with van der Waals surface area (Å²) in [6.45, 7) is 12.0. The van der Waals surface area contributed by atoms with Crippen molar-refractivity contribution in [2.24, 2.45) is 7.05 Å². The van der Waals surface area contributed by atoms with Crippen LogP contribution in [0.25, 0.3) is 33.7 Å². The lowest BCUT2D eigenvalue weighted by Crippen LogP contribution is -2.48. The Labute approximate surface area is 219 Å². The van der Waals surface area contributed by atoms with Crippen molar-refractivity contribution in [1.29, 1.82) is 0 Å². The Morgan fingerprint density at radius 3 is 2.11 bits per heavy atom. The van der Waals surface area contributed by atoms with Crippen LogP contribution in [-0.2, 0) is 23.4 Å². The summed E-state index contributed by atoms with van der Waals surface area (Å²) < 4.78 is 25.7. The molecule has 0 amide bonds. The van der Waals surface area contributed by atoms with Crippen LogP contribution in [0.4, 0.5) is 0 Å². The van der Waals surface area contributed by atoms with Crippen molar-refractivity contribution in [2.45, 2.75) is 38.3 Å². The lowest BCUT2D eigenvalue weighted by Gasteiger charge is -2.36. The maximum absolute atomic E-state index is 11.8. The largest absolute Gasteiger partial charge is 0.327 e. The lowest BCUT2D eigenvalue weighted by atomic mass is 10.1. The van der Waals surface area contributed by atoms with Gasteiger partial charge in [0.25, 0.3) is 0 Å². The number of benzene rings is 2. The van der Waals surface area contributed by atoms with E-state index in [1.807, 2.05) is 30.7 Å². The fourth-order valence-corrected chi connectivity index (χ4v) is 5.70. The Morgan fingerprint density at radius 2 is 1.51 bits per heavy atom. The molecule has 7 nitrogen and oxygen atoms in total. The highest BCUT2D eigenvalue weighted by Crippen LogP contribution is 2.29. The summed E-state index contributed by atoms with van der Waals surface area (Å²) in [4.78, 5) is 15.1. The van der Waals surface area contributed by atoms with Crippen LogP contribution in [-0.4, -0.2) is 71.2 Å². The highest BCUT2D eigenvalue weighted by Gasteiger charge is 2.19. The molecule has 0 radical (unpaired) electrons. The molecule has 2 aromatic heterocycles. The maximum atomic E-state index is 11.8. The number of hydrogen-bond donors (Lipinski definition) is 0. The number of imidazole rings is 1. The fourth-order valence-electron chi connectivity index (χ4n) is 5.07. The minimum atomic E-state index is -3.24. The Hall–Kier alpha value is -3.07. The van der Waals surface area contributed by atoms with Gasteiger partial charge < -0.3 is 4.57 Å². The van der Waals surface area contributed by atoms with Gasteiger partial charge in [0, 0.05) is 63.2 Å². The molecule has 5 rings (SSSR count). The molecule has 0 bridgehead atoms. The summed E-state index contributed by atoms with van der Waals surface area (Å²) in [5, 5.41) is 0. The third-order valence-electron chi connectivity index (χ3n) is 7.38. The number of nitrogens with zero attached hydrogens (tertiary/aromatic N) is 5. The second kappa shape index (κ2) is 10.0. The van der Waals surface area contributed by atoms with Gasteiger partial charge in [0.05, 0.1) is 21.8 Å². The SMILES string of the molecule is Cc1nc(-c2ccc(CN3CCN(C(C)C)CC3)cc2)cc2c1nc(-c1ccc(S(C)(=O)=O)cc1)n2C. The maximum Gasteiger partial charge on any atom is 0.175 e. The zero-order valence-electron chi connectivity index (χ0n) is 22.3. The van der Waals surface area contributed by atoms with Crippen LogP contribution in [0.1, 0.15) is 25.1 Å². The van der Waals surface area contributed by atoms with Gasteiger partial charge in [0.1, 0.15) is 11.3 Å². The van der Waals surface area contributed by atoms with Crippen molar-refractivity contribution < 1.29 is 8.42 Å². The van der Waals surface area contributed by atoms with E-state index in [9.17, 15) is 8.42 Å². The van der Waals surface area contributed by atoms with Crippen molar-refractivity contribution in [3.63, 3.8) is 0 Å². The minimum Gasteiger partial charge on any atom is -0.327 e. The van der Waals surface area contributed by atoms with Gasteiger partial charge in [0.2, 0.25) is 0 Å². The Balaban J connectivity index is 1.37. The molecule has 4 aromatic rings. The van der Waals surface area contributed by atoms with Gasteiger partial charge in [0.15, 0.2) is 9.84 Å². The van der Waals surface area contributed by atoms with Crippen molar-refractivity contribution >= 4 is 20.9 Å². The van der Waals surface area contributed by atoms with Gasteiger partial charge in [-0.25, -0.2) is 13.4 Å². The quantitative estimate of drug-likeness (QED) is 0.374.